The Morgan fingerprint density at radius 1 is 1.67 bits per heavy atom. The average molecular weight is 272 g/mol. The summed E-state index contributed by atoms with van der Waals surface area (Å²) in [7, 11) is 0. The highest BCUT2D eigenvalue weighted by Gasteiger charge is 2.53. The maximum Gasteiger partial charge on any atom is 0.255 e. The van der Waals surface area contributed by atoms with E-state index in [-0.39, 0.29) is 18.3 Å². The van der Waals surface area contributed by atoms with E-state index >= 15 is 0 Å². The molecule has 2 amide bonds. The van der Waals surface area contributed by atoms with E-state index in [0.29, 0.717) is 18.8 Å². The van der Waals surface area contributed by atoms with Crippen molar-refractivity contribution in [2.24, 2.45) is 5.73 Å². The summed E-state index contributed by atoms with van der Waals surface area (Å²) < 4.78 is 1.67. The largest absolute Gasteiger partial charge is 0.368 e. The minimum absolute atomic E-state index is 0. The Morgan fingerprint density at radius 3 is 3.00 bits per heavy atom. The van der Waals surface area contributed by atoms with E-state index in [2.05, 4.69) is 15.7 Å². The molecule has 2 aliphatic rings. The molecule has 1 aromatic rings. The van der Waals surface area contributed by atoms with Crippen molar-refractivity contribution in [3.63, 3.8) is 0 Å². The van der Waals surface area contributed by atoms with Crippen molar-refractivity contribution in [2.45, 2.75) is 24.9 Å². The molecule has 0 bridgehead atoms. The fourth-order valence-corrected chi connectivity index (χ4v) is 2.55. The number of carbonyl (C=O) groups is 2. The first-order chi connectivity index (χ1) is 8.03. The molecule has 4 N–H and O–H groups in total. The number of aromatic nitrogens is 2. The third-order valence-electron chi connectivity index (χ3n) is 3.43. The number of nitrogens with zero attached hydrogens (tertiary/aromatic N) is 2. The molecule has 0 aromatic carbocycles. The molecule has 0 unspecified atom stereocenters. The number of nitrogens with one attached hydrogen (secondary N) is 2. The highest BCUT2D eigenvalue weighted by Crippen LogP contribution is 2.36. The van der Waals surface area contributed by atoms with Gasteiger partial charge in [0.05, 0.1) is 11.7 Å². The number of fused-ring (bicyclic) bond motifs is 2. The van der Waals surface area contributed by atoms with Crippen molar-refractivity contribution in [2.75, 3.05) is 11.9 Å². The van der Waals surface area contributed by atoms with Gasteiger partial charge in [-0.2, -0.15) is 5.10 Å². The third kappa shape index (κ3) is 1.51. The van der Waals surface area contributed by atoms with Gasteiger partial charge >= 0.3 is 0 Å². The van der Waals surface area contributed by atoms with Crippen molar-refractivity contribution >= 4 is 30.0 Å². The number of amides is 2. The van der Waals surface area contributed by atoms with Crippen LogP contribution in [0, 0.1) is 6.92 Å². The van der Waals surface area contributed by atoms with Crippen LogP contribution in [0.5, 0.6) is 0 Å². The minimum atomic E-state index is -0.802. The predicted molar refractivity (Wildman–Crippen MR) is 66.4 cm³/mol. The van der Waals surface area contributed by atoms with Gasteiger partial charge in [0.15, 0.2) is 5.54 Å². The number of nitrogens with two attached hydrogens (primary N) is 1. The molecular formula is C10H14ClN5O2. The zero-order chi connectivity index (χ0) is 12.2. The van der Waals surface area contributed by atoms with Crippen molar-refractivity contribution in [3.8, 4) is 0 Å². The Balaban J connectivity index is 0.00000120. The van der Waals surface area contributed by atoms with Crippen molar-refractivity contribution in [1.29, 1.82) is 0 Å². The monoisotopic (exact) mass is 271 g/mol. The number of hydrogen-bond donors (Lipinski definition) is 3. The van der Waals surface area contributed by atoms with E-state index in [1.807, 2.05) is 13.0 Å². The van der Waals surface area contributed by atoms with E-state index in [1.54, 1.807) is 4.68 Å². The molecule has 1 fully saturated rings. The molecule has 8 heteroatoms. The van der Waals surface area contributed by atoms with Crippen LogP contribution in [-0.2, 0) is 15.1 Å². The third-order valence-corrected chi connectivity index (χ3v) is 3.43. The van der Waals surface area contributed by atoms with Crippen LogP contribution >= 0.6 is 12.4 Å². The van der Waals surface area contributed by atoms with Crippen LogP contribution in [0.15, 0.2) is 6.07 Å². The maximum absolute atomic E-state index is 12.0. The molecule has 3 heterocycles. The number of primary amides is 1. The molecule has 3 rings (SSSR count). The SMILES string of the molecule is Cc1cc2n(n1)[C@]1(CN[C@H](C(N)=O)C1)C(=O)N2.Cl. The summed E-state index contributed by atoms with van der Waals surface area (Å²) in [5.41, 5.74) is 5.29. The molecular weight excluding hydrogens is 258 g/mol. The van der Waals surface area contributed by atoms with Crippen LogP contribution in [0.25, 0.3) is 0 Å². The second kappa shape index (κ2) is 3.96. The first-order valence-corrected chi connectivity index (χ1v) is 5.44. The van der Waals surface area contributed by atoms with Crippen molar-refractivity contribution in [1.82, 2.24) is 15.1 Å². The highest BCUT2D eigenvalue weighted by molar-refractivity contribution is 6.01. The highest BCUT2D eigenvalue weighted by atomic mass is 35.5. The Bertz CT molecular complexity index is 528. The summed E-state index contributed by atoms with van der Waals surface area (Å²) >= 11 is 0. The van der Waals surface area contributed by atoms with Gasteiger partial charge in [-0.25, -0.2) is 4.68 Å². The lowest BCUT2D eigenvalue weighted by Crippen LogP contribution is -2.41. The molecule has 0 saturated carbocycles. The van der Waals surface area contributed by atoms with Gasteiger partial charge in [0.1, 0.15) is 5.82 Å². The summed E-state index contributed by atoms with van der Waals surface area (Å²) in [5, 5.41) is 10.1. The Hall–Kier alpha value is -1.60. The Morgan fingerprint density at radius 2 is 2.39 bits per heavy atom. The molecule has 98 valence electrons. The number of rotatable bonds is 1. The van der Waals surface area contributed by atoms with Gasteiger partial charge in [-0.1, -0.05) is 0 Å². The molecule has 0 radical (unpaired) electrons. The fourth-order valence-electron chi connectivity index (χ4n) is 2.55. The van der Waals surface area contributed by atoms with Gasteiger partial charge in [-0.15, -0.1) is 12.4 Å². The van der Waals surface area contributed by atoms with E-state index in [4.69, 9.17) is 5.73 Å². The van der Waals surface area contributed by atoms with E-state index in [1.165, 1.54) is 0 Å². The topological polar surface area (TPSA) is 102 Å². The maximum atomic E-state index is 12.0. The lowest BCUT2D eigenvalue weighted by atomic mass is 9.96. The van der Waals surface area contributed by atoms with Gasteiger partial charge in [-0.3, -0.25) is 9.59 Å². The Kier molecular flexibility index (Phi) is 2.83. The molecule has 0 aliphatic carbocycles. The van der Waals surface area contributed by atoms with Crippen LogP contribution in [0.1, 0.15) is 12.1 Å². The average Bonchev–Trinajstić information content (AvgIpc) is 2.87. The van der Waals surface area contributed by atoms with Gasteiger partial charge in [0.25, 0.3) is 5.91 Å². The molecule has 2 atom stereocenters. The molecule has 1 saturated heterocycles. The lowest BCUT2D eigenvalue weighted by molar-refractivity contribution is -0.123. The number of carbonyl (C=O) groups excluding carboxylic acids is 2. The molecule has 2 aliphatic heterocycles. The quantitative estimate of drug-likeness (QED) is 0.616. The van der Waals surface area contributed by atoms with Crippen molar-refractivity contribution in [3.05, 3.63) is 11.8 Å². The minimum Gasteiger partial charge on any atom is -0.368 e. The molecule has 1 spiro atoms. The normalized spacial score (nSPS) is 28.9. The summed E-state index contributed by atoms with van der Waals surface area (Å²) in [6.45, 7) is 2.24. The number of hydrogen-bond acceptors (Lipinski definition) is 4. The number of anilines is 1. The fraction of sp³-hybridized carbons (Fsp3) is 0.500. The Labute approximate surface area is 109 Å². The van der Waals surface area contributed by atoms with E-state index in [0.717, 1.165) is 5.69 Å². The molecule has 18 heavy (non-hydrogen) atoms. The first-order valence-electron chi connectivity index (χ1n) is 5.44. The van der Waals surface area contributed by atoms with Gasteiger partial charge in [-0.05, 0) is 6.92 Å². The first kappa shape index (κ1) is 12.8. The zero-order valence-corrected chi connectivity index (χ0v) is 10.6. The summed E-state index contributed by atoms with van der Waals surface area (Å²) in [5.74, 6) is 0.114. The number of halogens is 1. The smallest absolute Gasteiger partial charge is 0.255 e. The van der Waals surface area contributed by atoms with Gasteiger partial charge < -0.3 is 16.4 Å². The second-order valence-corrected chi connectivity index (χ2v) is 4.61. The predicted octanol–water partition coefficient (Wildman–Crippen LogP) is -0.892. The zero-order valence-electron chi connectivity index (χ0n) is 9.77. The summed E-state index contributed by atoms with van der Waals surface area (Å²) in [6, 6.07) is 1.33. The lowest BCUT2D eigenvalue weighted by Gasteiger charge is -2.20. The van der Waals surface area contributed by atoms with Crippen LogP contribution < -0.4 is 16.4 Å². The van der Waals surface area contributed by atoms with E-state index in [9.17, 15) is 9.59 Å². The summed E-state index contributed by atoms with van der Waals surface area (Å²) in [6.07, 6.45) is 0.349. The van der Waals surface area contributed by atoms with Crippen molar-refractivity contribution < 1.29 is 9.59 Å². The number of aryl methyl sites for hydroxylation is 1. The molecule has 1 aromatic heterocycles. The van der Waals surface area contributed by atoms with Crippen LogP contribution in [0.4, 0.5) is 5.82 Å². The van der Waals surface area contributed by atoms with Gasteiger partial charge in [0, 0.05) is 19.0 Å². The summed E-state index contributed by atoms with van der Waals surface area (Å²) in [4.78, 5) is 23.2. The molecule has 7 nitrogen and oxygen atoms in total. The van der Waals surface area contributed by atoms with Crippen LogP contribution in [-0.4, -0.2) is 34.2 Å². The van der Waals surface area contributed by atoms with Gasteiger partial charge in [0.2, 0.25) is 5.91 Å². The van der Waals surface area contributed by atoms with Crippen LogP contribution in [0.3, 0.4) is 0 Å². The second-order valence-electron chi connectivity index (χ2n) is 4.61. The van der Waals surface area contributed by atoms with E-state index < -0.39 is 17.5 Å². The standard InChI is InChI=1S/C10H13N5O2.ClH/c1-5-2-7-13-9(17)10(15(7)14-5)3-6(8(11)16)12-4-10;/h2,6,12H,3-4H2,1H3,(H2,11,16)(H,13,17);1H/t6-,10+;/m0./s1. The van der Waals surface area contributed by atoms with Crippen LogP contribution in [0.2, 0.25) is 0 Å².